The maximum absolute atomic E-state index is 12.7. The number of rotatable bonds is 9. The van der Waals surface area contributed by atoms with Gasteiger partial charge in [-0.25, -0.2) is 0 Å². The van der Waals surface area contributed by atoms with Gasteiger partial charge in [-0.2, -0.15) is 0 Å². The second kappa shape index (κ2) is 10.5. The third-order valence-electron chi connectivity index (χ3n) is 4.75. The molecule has 0 bridgehead atoms. The van der Waals surface area contributed by atoms with Crippen LogP contribution < -0.4 is 10.6 Å². The number of hydrogen-bond donors (Lipinski definition) is 2. The van der Waals surface area contributed by atoms with Gasteiger partial charge < -0.3 is 15.2 Å². The van der Waals surface area contributed by atoms with Crippen LogP contribution in [0.15, 0.2) is 47.6 Å². The number of nitro benzene ring substituents is 1. The van der Waals surface area contributed by atoms with Gasteiger partial charge >= 0.3 is 0 Å². The number of benzene rings is 2. The Bertz CT molecular complexity index is 1120. The summed E-state index contributed by atoms with van der Waals surface area (Å²) in [7, 11) is 0. The number of aromatic nitrogens is 3. The van der Waals surface area contributed by atoms with E-state index in [9.17, 15) is 14.9 Å². The molecule has 0 fully saturated rings. The zero-order valence-electron chi connectivity index (χ0n) is 17.8. The summed E-state index contributed by atoms with van der Waals surface area (Å²) in [6.45, 7) is 6.63. The lowest BCUT2D eigenvalue weighted by molar-refractivity contribution is -0.384. The summed E-state index contributed by atoms with van der Waals surface area (Å²) >= 11 is 7.20. The number of anilines is 2. The molecule has 2 aromatic carbocycles. The standard InChI is InChI=1S/C21H23ClN6O3S/c1-4-27-19(12-23-16-8-6-15(22)7-9-16)25-26-21(27)32-14(3)20(29)24-18-11-17(28(30)31)10-5-13(18)2/h5-11,14,23H,4,12H2,1-3H3,(H,24,29)/t14-/m0/s1. The van der Waals surface area contributed by atoms with E-state index in [1.54, 1.807) is 32.0 Å². The predicted molar refractivity (Wildman–Crippen MR) is 126 cm³/mol. The van der Waals surface area contributed by atoms with Crippen molar-refractivity contribution in [2.75, 3.05) is 10.6 Å². The highest BCUT2D eigenvalue weighted by molar-refractivity contribution is 8.00. The van der Waals surface area contributed by atoms with Gasteiger partial charge in [-0.05, 0) is 50.6 Å². The maximum Gasteiger partial charge on any atom is 0.271 e. The lowest BCUT2D eigenvalue weighted by atomic mass is 10.2. The molecule has 0 saturated heterocycles. The Morgan fingerprint density at radius 2 is 1.97 bits per heavy atom. The number of nitrogens with zero attached hydrogens (tertiary/aromatic N) is 4. The fourth-order valence-electron chi connectivity index (χ4n) is 2.91. The highest BCUT2D eigenvalue weighted by atomic mass is 35.5. The average Bonchev–Trinajstić information content (AvgIpc) is 3.15. The highest BCUT2D eigenvalue weighted by Crippen LogP contribution is 2.26. The number of thioether (sulfide) groups is 1. The van der Waals surface area contributed by atoms with E-state index in [4.69, 9.17) is 11.6 Å². The SMILES string of the molecule is CCn1c(CNc2ccc(Cl)cc2)nnc1S[C@@H](C)C(=O)Nc1cc([N+](=O)[O-])ccc1C. The maximum atomic E-state index is 12.7. The first-order valence-corrected chi connectivity index (χ1v) is 11.2. The van der Waals surface area contributed by atoms with E-state index >= 15 is 0 Å². The second-order valence-electron chi connectivity index (χ2n) is 7.01. The smallest absolute Gasteiger partial charge is 0.271 e. The van der Waals surface area contributed by atoms with Gasteiger partial charge in [-0.3, -0.25) is 14.9 Å². The van der Waals surface area contributed by atoms with E-state index in [0.717, 1.165) is 17.1 Å². The summed E-state index contributed by atoms with van der Waals surface area (Å²) in [6, 6.07) is 11.8. The lowest BCUT2D eigenvalue weighted by Gasteiger charge is -2.14. The van der Waals surface area contributed by atoms with Crippen LogP contribution in [0.2, 0.25) is 5.02 Å². The summed E-state index contributed by atoms with van der Waals surface area (Å²) in [4.78, 5) is 23.2. The quantitative estimate of drug-likeness (QED) is 0.257. The third kappa shape index (κ3) is 5.77. The summed E-state index contributed by atoms with van der Waals surface area (Å²) in [5, 5.41) is 26.4. The van der Waals surface area contributed by atoms with Crippen molar-refractivity contribution in [3.8, 4) is 0 Å². The molecular formula is C21H23ClN6O3S. The summed E-state index contributed by atoms with van der Waals surface area (Å²) in [5.74, 6) is 0.470. The van der Waals surface area contributed by atoms with Crippen LogP contribution >= 0.6 is 23.4 Å². The zero-order chi connectivity index (χ0) is 23.3. The number of non-ortho nitro benzene ring substituents is 1. The van der Waals surface area contributed by atoms with Crippen LogP contribution in [-0.2, 0) is 17.9 Å². The number of amides is 1. The largest absolute Gasteiger partial charge is 0.378 e. The van der Waals surface area contributed by atoms with Gasteiger partial charge in [-0.1, -0.05) is 29.4 Å². The topological polar surface area (TPSA) is 115 Å². The number of nitro groups is 1. The first-order chi connectivity index (χ1) is 15.3. The Morgan fingerprint density at radius 3 is 2.62 bits per heavy atom. The van der Waals surface area contributed by atoms with Crippen LogP contribution in [0, 0.1) is 17.0 Å². The Labute approximate surface area is 194 Å². The van der Waals surface area contributed by atoms with E-state index in [0.29, 0.717) is 29.0 Å². The van der Waals surface area contributed by atoms with Crippen molar-refractivity contribution < 1.29 is 9.72 Å². The number of halogens is 1. The van der Waals surface area contributed by atoms with Crippen molar-refractivity contribution in [1.82, 2.24) is 14.8 Å². The van der Waals surface area contributed by atoms with Gasteiger partial charge in [-0.15, -0.1) is 10.2 Å². The molecular weight excluding hydrogens is 452 g/mol. The zero-order valence-corrected chi connectivity index (χ0v) is 19.4. The van der Waals surface area contributed by atoms with Crippen LogP contribution in [0.1, 0.15) is 25.2 Å². The Morgan fingerprint density at radius 1 is 1.25 bits per heavy atom. The number of hydrogen-bond acceptors (Lipinski definition) is 7. The van der Waals surface area contributed by atoms with Crippen molar-refractivity contribution in [2.24, 2.45) is 0 Å². The molecule has 0 saturated carbocycles. The first-order valence-electron chi connectivity index (χ1n) is 9.92. The van der Waals surface area contributed by atoms with Crippen molar-refractivity contribution in [3.63, 3.8) is 0 Å². The molecule has 11 heteroatoms. The predicted octanol–water partition coefficient (Wildman–Crippen LogP) is 4.90. The van der Waals surface area contributed by atoms with Crippen LogP contribution in [0.5, 0.6) is 0 Å². The molecule has 3 rings (SSSR count). The Hall–Kier alpha value is -3.11. The molecule has 9 nitrogen and oxygen atoms in total. The molecule has 0 spiro atoms. The van der Waals surface area contributed by atoms with Gasteiger partial charge in [0, 0.05) is 29.4 Å². The molecule has 0 aliphatic heterocycles. The van der Waals surface area contributed by atoms with Crippen LogP contribution in [-0.4, -0.2) is 30.8 Å². The summed E-state index contributed by atoms with van der Waals surface area (Å²) < 4.78 is 1.94. The first kappa shape index (κ1) is 23.6. The molecule has 1 heterocycles. The molecule has 32 heavy (non-hydrogen) atoms. The fourth-order valence-corrected chi connectivity index (χ4v) is 3.97. The van der Waals surface area contributed by atoms with E-state index in [1.807, 2.05) is 23.6 Å². The minimum absolute atomic E-state index is 0.0743. The normalized spacial score (nSPS) is 11.8. The van der Waals surface area contributed by atoms with Gasteiger partial charge in [0.1, 0.15) is 0 Å². The molecule has 0 aliphatic carbocycles. The molecule has 168 valence electrons. The molecule has 2 N–H and O–H groups in total. The van der Waals surface area contributed by atoms with E-state index in [1.165, 1.54) is 23.9 Å². The number of nitrogens with one attached hydrogen (secondary N) is 2. The van der Waals surface area contributed by atoms with Gasteiger partial charge in [0.15, 0.2) is 11.0 Å². The van der Waals surface area contributed by atoms with Gasteiger partial charge in [0.2, 0.25) is 5.91 Å². The number of carbonyl (C=O) groups excluding carboxylic acids is 1. The van der Waals surface area contributed by atoms with E-state index in [-0.39, 0.29) is 11.6 Å². The molecule has 0 unspecified atom stereocenters. The summed E-state index contributed by atoms with van der Waals surface area (Å²) in [6.07, 6.45) is 0. The van der Waals surface area contributed by atoms with Crippen molar-refractivity contribution in [1.29, 1.82) is 0 Å². The lowest BCUT2D eigenvalue weighted by Crippen LogP contribution is -2.23. The monoisotopic (exact) mass is 474 g/mol. The average molecular weight is 475 g/mol. The highest BCUT2D eigenvalue weighted by Gasteiger charge is 2.21. The molecule has 0 aliphatic rings. The molecule has 1 amide bonds. The summed E-state index contributed by atoms with van der Waals surface area (Å²) in [5.41, 5.74) is 2.00. The molecule has 3 aromatic rings. The van der Waals surface area contributed by atoms with Gasteiger partial charge in [0.05, 0.1) is 22.4 Å². The van der Waals surface area contributed by atoms with Crippen LogP contribution in [0.4, 0.5) is 17.1 Å². The Balaban J connectivity index is 1.66. The van der Waals surface area contributed by atoms with Crippen molar-refractivity contribution in [3.05, 3.63) is 69.0 Å². The number of aryl methyl sites for hydroxylation is 1. The van der Waals surface area contributed by atoms with Crippen LogP contribution in [0.3, 0.4) is 0 Å². The molecule has 1 atom stereocenters. The molecule has 1 aromatic heterocycles. The van der Waals surface area contributed by atoms with Crippen LogP contribution in [0.25, 0.3) is 0 Å². The third-order valence-corrected chi connectivity index (χ3v) is 6.08. The van der Waals surface area contributed by atoms with Crippen molar-refractivity contribution >= 4 is 46.3 Å². The van der Waals surface area contributed by atoms with E-state index in [2.05, 4.69) is 20.8 Å². The number of carbonyl (C=O) groups is 1. The second-order valence-corrected chi connectivity index (χ2v) is 8.75. The minimum atomic E-state index is -0.489. The van der Waals surface area contributed by atoms with Crippen molar-refractivity contribution in [2.45, 2.75) is 44.3 Å². The molecule has 0 radical (unpaired) electrons. The Kier molecular flexibility index (Phi) is 7.70. The van der Waals surface area contributed by atoms with Gasteiger partial charge in [0.25, 0.3) is 5.69 Å². The minimum Gasteiger partial charge on any atom is -0.378 e. The van der Waals surface area contributed by atoms with E-state index < -0.39 is 10.2 Å². The fraction of sp³-hybridized carbons (Fsp3) is 0.286.